The Morgan fingerprint density at radius 2 is 1.88 bits per heavy atom. The molecule has 0 aliphatic carbocycles. The van der Waals surface area contributed by atoms with Crippen molar-refractivity contribution in [1.82, 2.24) is 4.98 Å². The second-order valence-corrected chi connectivity index (χ2v) is 4.94. The molecule has 0 fully saturated rings. The van der Waals surface area contributed by atoms with E-state index in [0.717, 1.165) is 9.26 Å². The van der Waals surface area contributed by atoms with Crippen molar-refractivity contribution in [2.75, 3.05) is 5.32 Å². The summed E-state index contributed by atoms with van der Waals surface area (Å²) in [7, 11) is 0. The molecule has 86 valence electrons. The number of carbonyl (C=O) groups is 1. The van der Waals surface area contributed by atoms with Crippen molar-refractivity contribution < 1.29 is 4.79 Å². The maximum Gasteiger partial charge on any atom is 0.274 e. The van der Waals surface area contributed by atoms with Crippen LogP contribution >= 0.6 is 34.2 Å². The zero-order valence-corrected chi connectivity index (χ0v) is 11.6. The lowest BCUT2D eigenvalue weighted by atomic mass is 10.3. The second-order valence-electron chi connectivity index (χ2n) is 3.31. The summed E-state index contributed by atoms with van der Waals surface area (Å²) < 4.78 is 1.11. The zero-order chi connectivity index (χ0) is 12.3. The highest BCUT2D eigenvalue weighted by atomic mass is 127. The molecule has 0 atom stereocenters. The van der Waals surface area contributed by atoms with Crippen LogP contribution in [0.4, 0.5) is 5.69 Å². The number of aromatic nitrogens is 1. The smallest absolute Gasteiger partial charge is 0.274 e. The predicted octanol–water partition coefficient (Wildman–Crippen LogP) is 3.59. The first kappa shape index (κ1) is 12.3. The Bertz CT molecular complexity index is 542. The first-order valence-corrected chi connectivity index (χ1v) is 6.30. The third kappa shape index (κ3) is 3.41. The van der Waals surface area contributed by atoms with E-state index in [1.54, 1.807) is 18.2 Å². The van der Waals surface area contributed by atoms with Gasteiger partial charge in [-0.3, -0.25) is 4.79 Å². The Morgan fingerprint density at radius 1 is 1.18 bits per heavy atom. The largest absolute Gasteiger partial charge is 0.321 e. The lowest BCUT2D eigenvalue weighted by molar-refractivity contribution is 0.102. The van der Waals surface area contributed by atoms with Crippen LogP contribution in [-0.4, -0.2) is 10.9 Å². The van der Waals surface area contributed by atoms with Crippen LogP contribution in [0.5, 0.6) is 0 Å². The van der Waals surface area contributed by atoms with Gasteiger partial charge in [0.05, 0.1) is 0 Å². The molecule has 3 nitrogen and oxygen atoms in total. The van der Waals surface area contributed by atoms with Crippen molar-refractivity contribution in [2.45, 2.75) is 0 Å². The molecule has 1 amide bonds. The van der Waals surface area contributed by atoms with Gasteiger partial charge in [0.1, 0.15) is 10.8 Å². The Kier molecular flexibility index (Phi) is 3.96. The third-order valence-corrected chi connectivity index (χ3v) is 2.98. The maximum atomic E-state index is 11.8. The summed E-state index contributed by atoms with van der Waals surface area (Å²) >= 11 is 7.92. The fourth-order valence-corrected chi connectivity index (χ4v) is 1.79. The summed E-state index contributed by atoms with van der Waals surface area (Å²) in [4.78, 5) is 15.8. The van der Waals surface area contributed by atoms with Crippen molar-refractivity contribution in [3.05, 3.63) is 56.9 Å². The molecule has 17 heavy (non-hydrogen) atoms. The summed E-state index contributed by atoms with van der Waals surface area (Å²) in [6.07, 6.45) is 0. The van der Waals surface area contributed by atoms with Gasteiger partial charge in [0, 0.05) is 9.26 Å². The van der Waals surface area contributed by atoms with E-state index in [4.69, 9.17) is 11.6 Å². The van der Waals surface area contributed by atoms with Crippen molar-refractivity contribution in [2.24, 2.45) is 0 Å². The number of rotatable bonds is 2. The van der Waals surface area contributed by atoms with Crippen molar-refractivity contribution in [3.63, 3.8) is 0 Å². The molecule has 0 spiro atoms. The first-order chi connectivity index (χ1) is 8.15. The number of carbonyl (C=O) groups excluding carboxylic acids is 1. The maximum absolute atomic E-state index is 11.8. The van der Waals surface area contributed by atoms with Crippen molar-refractivity contribution in [1.29, 1.82) is 0 Å². The molecule has 0 saturated heterocycles. The molecule has 1 aromatic carbocycles. The lowest BCUT2D eigenvalue weighted by Crippen LogP contribution is -2.13. The van der Waals surface area contributed by atoms with Crippen LogP contribution in [0.1, 0.15) is 10.5 Å². The summed E-state index contributed by atoms with van der Waals surface area (Å²) in [5, 5.41) is 3.06. The topological polar surface area (TPSA) is 42.0 Å². The minimum atomic E-state index is -0.270. The minimum absolute atomic E-state index is 0.270. The standard InChI is InChI=1S/C12H8ClIN2O/c13-11-3-1-2-10(16-11)12(17)15-9-6-4-8(14)5-7-9/h1-7H,(H,15,17). The van der Waals surface area contributed by atoms with Crippen molar-refractivity contribution >= 4 is 45.8 Å². The average molecular weight is 359 g/mol. The fourth-order valence-electron chi connectivity index (χ4n) is 1.26. The summed E-state index contributed by atoms with van der Waals surface area (Å²) in [5.74, 6) is -0.270. The molecule has 1 aromatic heterocycles. The van der Waals surface area contributed by atoms with E-state index in [-0.39, 0.29) is 5.91 Å². The van der Waals surface area contributed by atoms with Gasteiger partial charge in [-0.05, 0) is 59.0 Å². The van der Waals surface area contributed by atoms with Gasteiger partial charge in [0.2, 0.25) is 0 Å². The van der Waals surface area contributed by atoms with Crippen LogP contribution in [0.3, 0.4) is 0 Å². The average Bonchev–Trinajstić information content (AvgIpc) is 2.32. The van der Waals surface area contributed by atoms with Gasteiger partial charge < -0.3 is 5.32 Å². The highest BCUT2D eigenvalue weighted by Gasteiger charge is 2.07. The number of anilines is 1. The quantitative estimate of drug-likeness (QED) is 0.658. The van der Waals surface area contributed by atoms with E-state index < -0.39 is 0 Å². The summed E-state index contributed by atoms with van der Waals surface area (Å²) in [5.41, 5.74) is 1.04. The number of halogens is 2. The van der Waals surface area contributed by atoms with Gasteiger partial charge in [-0.15, -0.1) is 0 Å². The van der Waals surface area contributed by atoms with Crippen LogP contribution < -0.4 is 5.32 Å². The van der Waals surface area contributed by atoms with Gasteiger partial charge in [-0.1, -0.05) is 17.7 Å². The van der Waals surface area contributed by atoms with Crippen molar-refractivity contribution in [3.8, 4) is 0 Å². The Labute approximate surface area is 117 Å². The molecule has 1 heterocycles. The van der Waals surface area contributed by atoms with E-state index in [0.29, 0.717) is 10.8 Å². The SMILES string of the molecule is O=C(Nc1ccc(I)cc1)c1cccc(Cl)n1. The Balaban J connectivity index is 2.14. The first-order valence-electron chi connectivity index (χ1n) is 4.84. The molecule has 0 radical (unpaired) electrons. The fraction of sp³-hybridized carbons (Fsp3) is 0. The van der Waals surface area contributed by atoms with Gasteiger partial charge in [-0.25, -0.2) is 4.98 Å². The molecule has 0 bridgehead atoms. The predicted molar refractivity (Wildman–Crippen MR) is 76.4 cm³/mol. The number of nitrogens with zero attached hydrogens (tertiary/aromatic N) is 1. The molecule has 0 aliphatic rings. The molecular weight excluding hydrogens is 351 g/mol. The van der Waals surface area contributed by atoms with Gasteiger partial charge >= 0.3 is 0 Å². The normalized spacial score (nSPS) is 10.0. The second kappa shape index (κ2) is 5.46. The molecule has 0 unspecified atom stereocenters. The number of nitrogens with one attached hydrogen (secondary N) is 1. The summed E-state index contributed by atoms with van der Waals surface area (Å²) in [6.45, 7) is 0. The van der Waals surface area contributed by atoms with Gasteiger partial charge in [0.25, 0.3) is 5.91 Å². The number of amides is 1. The zero-order valence-electron chi connectivity index (χ0n) is 8.65. The molecule has 0 saturated carbocycles. The van der Waals surface area contributed by atoms with E-state index in [2.05, 4.69) is 32.9 Å². The van der Waals surface area contributed by atoms with Crippen LogP contribution in [0.25, 0.3) is 0 Å². The number of pyridine rings is 1. The Hall–Kier alpha value is -1.14. The van der Waals surface area contributed by atoms with Gasteiger partial charge in [0.15, 0.2) is 0 Å². The molecule has 2 rings (SSSR count). The number of hydrogen-bond donors (Lipinski definition) is 1. The molecule has 5 heteroatoms. The van der Waals surface area contributed by atoms with Crippen LogP contribution in [0.2, 0.25) is 5.15 Å². The van der Waals surface area contributed by atoms with Crippen LogP contribution in [-0.2, 0) is 0 Å². The van der Waals surface area contributed by atoms with E-state index in [1.807, 2.05) is 24.3 Å². The van der Waals surface area contributed by atoms with Crippen LogP contribution in [0.15, 0.2) is 42.5 Å². The van der Waals surface area contributed by atoms with E-state index in [9.17, 15) is 4.79 Å². The van der Waals surface area contributed by atoms with Gasteiger partial charge in [-0.2, -0.15) is 0 Å². The van der Waals surface area contributed by atoms with E-state index in [1.165, 1.54) is 0 Å². The highest BCUT2D eigenvalue weighted by Crippen LogP contribution is 2.12. The molecule has 1 N–H and O–H groups in total. The van der Waals surface area contributed by atoms with Crippen LogP contribution in [0, 0.1) is 3.57 Å². The molecule has 0 aliphatic heterocycles. The minimum Gasteiger partial charge on any atom is -0.321 e. The summed E-state index contributed by atoms with van der Waals surface area (Å²) in [6, 6.07) is 12.5. The monoisotopic (exact) mass is 358 g/mol. The molecule has 2 aromatic rings. The van der Waals surface area contributed by atoms with E-state index >= 15 is 0 Å². The Morgan fingerprint density at radius 3 is 2.53 bits per heavy atom. The molecular formula is C12H8ClIN2O. The highest BCUT2D eigenvalue weighted by molar-refractivity contribution is 14.1. The lowest BCUT2D eigenvalue weighted by Gasteiger charge is -2.04. The number of hydrogen-bond acceptors (Lipinski definition) is 2. The third-order valence-electron chi connectivity index (χ3n) is 2.05. The number of benzene rings is 1.